The highest BCUT2D eigenvalue weighted by atomic mass is 16.2. The average Bonchev–Trinajstić information content (AvgIpc) is 3.31. The summed E-state index contributed by atoms with van der Waals surface area (Å²) in [5.74, 6) is 6.48. The van der Waals surface area contributed by atoms with Gasteiger partial charge in [-0.2, -0.15) is 5.10 Å². The fraction of sp³-hybridized carbons (Fsp3) is 0.421. The molecule has 1 saturated carbocycles. The summed E-state index contributed by atoms with van der Waals surface area (Å²) in [6.07, 6.45) is 8.14. The predicted octanol–water partition coefficient (Wildman–Crippen LogP) is 2.49. The fourth-order valence-corrected chi connectivity index (χ4v) is 3.09. The molecule has 0 saturated heterocycles. The van der Waals surface area contributed by atoms with Gasteiger partial charge < -0.3 is 4.90 Å². The molecule has 5 nitrogen and oxygen atoms in total. The van der Waals surface area contributed by atoms with Crippen molar-refractivity contribution in [2.24, 2.45) is 0 Å². The summed E-state index contributed by atoms with van der Waals surface area (Å²) in [4.78, 5) is 18.5. The first-order valence-corrected chi connectivity index (χ1v) is 8.49. The van der Waals surface area contributed by atoms with Crippen molar-refractivity contribution in [3.63, 3.8) is 0 Å². The summed E-state index contributed by atoms with van der Waals surface area (Å²) in [6.45, 7) is 1.06. The van der Waals surface area contributed by atoms with Crippen LogP contribution in [0.3, 0.4) is 0 Å². The monoisotopic (exact) mass is 322 g/mol. The fourth-order valence-electron chi connectivity index (χ4n) is 3.09. The summed E-state index contributed by atoms with van der Waals surface area (Å²) in [5.41, 5.74) is 0.985. The molecule has 1 aromatic carbocycles. The summed E-state index contributed by atoms with van der Waals surface area (Å²) in [6, 6.07) is 10.2. The van der Waals surface area contributed by atoms with Gasteiger partial charge in [-0.25, -0.2) is 4.98 Å². The van der Waals surface area contributed by atoms with Crippen molar-refractivity contribution >= 4 is 5.91 Å². The number of aryl methyl sites for hydroxylation is 1. The molecule has 0 bridgehead atoms. The standard InChI is InChI=1S/C19H22N4O/c24-19(12-14-22-16-20-15-21-22)23(18-10-4-5-11-18)13-6-9-17-7-2-1-3-8-17/h1-3,7-8,15-16,18H,4-5,10-14H2. The van der Waals surface area contributed by atoms with Gasteiger partial charge in [0.25, 0.3) is 0 Å². The zero-order chi connectivity index (χ0) is 16.6. The molecule has 0 atom stereocenters. The summed E-state index contributed by atoms with van der Waals surface area (Å²) in [5, 5.41) is 4.05. The normalized spacial score (nSPS) is 14.2. The molecule has 1 amide bonds. The molecule has 1 aromatic heterocycles. The first kappa shape index (κ1) is 16.3. The molecule has 1 aliphatic carbocycles. The number of hydrogen-bond acceptors (Lipinski definition) is 3. The maximum atomic E-state index is 12.7. The van der Waals surface area contributed by atoms with Gasteiger partial charge in [0.05, 0.1) is 13.1 Å². The van der Waals surface area contributed by atoms with Crippen molar-refractivity contribution in [1.29, 1.82) is 0 Å². The lowest BCUT2D eigenvalue weighted by atomic mass is 10.2. The van der Waals surface area contributed by atoms with E-state index in [1.807, 2.05) is 35.2 Å². The summed E-state index contributed by atoms with van der Waals surface area (Å²) < 4.78 is 1.69. The highest BCUT2D eigenvalue weighted by molar-refractivity contribution is 5.76. The van der Waals surface area contributed by atoms with Gasteiger partial charge in [-0.1, -0.05) is 42.9 Å². The Labute approximate surface area is 142 Å². The Hall–Kier alpha value is -2.61. The average molecular weight is 322 g/mol. The molecule has 3 rings (SSSR count). The SMILES string of the molecule is O=C(CCn1cncn1)N(CC#Cc1ccccc1)C1CCCC1. The van der Waals surface area contributed by atoms with E-state index >= 15 is 0 Å². The highest BCUT2D eigenvalue weighted by Crippen LogP contribution is 2.23. The minimum Gasteiger partial charge on any atom is -0.328 e. The van der Waals surface area contributed by atoms with E-state index in [-0.39, 0.29) is 5.91 Å². The Morgan fingerprint density at radius 2 is 2.04 bits per heavy atom. The van der Waals surface area contributed by atoms with E-state index in [1.54, 1.807) is 11.0 Å². The molecule has 0 radical (unpaired) electrons. The molecular weight excluding hydrogens is 300 g/mol. The lowest BCUT2D eigenvalue weighted by molar-refractivity contribution is -0.133. The third kappa shape index (κ3) is 4.45. The molecule has 1 aliphatic rings. The third-order valence-electron chi connectivity index (χ3n) is 4.36. The molecule has 0 N–H and O–H groups in total. The number of carbonyl (C=O) groups excluding carboxylic acids is 1. The number of hydrogen-bond donors (Lipinski definition) is 0. The van der Waals surface area contributed by atoms with Crippen LogP contribution in [-0.2, 0) is 11.3 Å². The van der Waals surface area contributed by atoms with E-state index in [4.69, 9.17) is 0 Å². The van der Waals surface area contributed by atoms with Gasteiger partial charge in [0.15, 0.2) is 0 Å². The number of nitrogens with zero attached hydrogens (tertiary/aromatic N) is 4. The smallest absolute Gasteiger partial charge is 0.225 e. The molecule has 1 heterocycles. The van der Waals surface area contributed by atoms with Crippen molar-refractivity contribution in [2.75, 3.05) is 6.54 Å². The molecule has 0 aliphatic heterocycles. The van der Waals surface area contributed by atoms with Crippen LogP contribution in [0, 0.1) is 11.8 Å². The van der Waals surface area contributed by atoms with Crippen LogP contribution >= 0.6 is 0 Å². The first-order valence-electron chi connectivity index (χ1n) is 8.49. The van der Waals surface area contributed by atoms with Gasteiger partial charge >= 0.3 is 0 Å². The van der Waals surface area contributed by atoms with Gasteiger partial charge in [-0.05, 0) is 25.0 Å². The highest BCUT2D eigenvalue weighted by Gasteiger charge is 2.25. The lowest BCUT2D eigenvalue weighted by Gasteiger charge is -2.27. The van der Waals surface area contributed by atoms with Crippen molar-refractivity contribution in [2.45, 2.75) is 44.7 Å². The Bertz CT molecular complexity index is 694. The van der Waals surface area contributed by atoms with Crippen LogP contribution in [0.1, 0.15) is 37.7 Å². The largest absolute Gasteiger partial charge is 0.328 e. The van der Waals surface area contributed by atoms with Crippen LogP contribution < -0.4 is 0 Å². The number of benzene rings is 1. The second kappa shape index (κ2) is 8.30. The minimum absolute atomic E-state index is 0.153. The summed E-state index contributed by atoms with van der Waals surface area (Å²) in [7, 11) is 0. The quantitative estimate of drug-likeness (QED) is 0.795. The Balaban J connectivity index is 1.62. The maximum absolute atomic E-state index is 12.7. The van der Waals surface area contributed by atoms with E-state index in [0.717, 1.165) is 18.4 Å². The van der Waals surface area contributed by atoms with Gasteiger partial charge in [-0.15, -0.1) is 0 Å². The Kier molecular flexibility index (Phi) is 5.62. The molecule has 1 fully saturated rings. The minimum atomic E-state index is 0.153. The second-order valence-electron chi connectivity index (χ2n) is 6.04. The number of amides is 1. The Morgan fingerprint density at radius 1 is 1.25 bits per heavy atom. The van der Waals surface area contributed by atoms with Gasteiger partial charge in [-0.3, -0.25) is 9.48 Å². The molecule has 0 spiro atoms. The van der Waals surface area contributed by atoms with E-state index < -0.39 is 0 Å². The molecule has 124 valence electrons. The molecule has 5 heteroatoms. The lowest BCUT2D eigenvalue weighted by Crippen LogP contribution is -2.39. The van der Waals surface area contributed by atoms with Crippen LogP contribution in [-0.4, -0.2) is 38.2 Å². The predicted molar refractivity (Wildman–Crippen MR) is 91.9 cm³/mol. The third-order valence-corrected chi connectivity index (χ3v) is 4.36. The zero-order valence-electron chi connectivity index (χ0n) is 13.8. The first-order chi connectivity index (χ1) is 11.8. The number of aromatic nitrogens is 3. The van der Waals surface area contributed by atoms with Crippen LogP contribution in [0.25, 0.3) is 0 Å². The number of carbonyl (C=O) groups is 1. The maximum Gasteiger partial charge on any atom is 0.225 e. The van der Waals surface area contributed by atoms with Crippen molar-refractivity contribution < 1.29 is 4.79 Å². The second-order valence-corrected chi connectivity index (χ2v) is 6.04. The number of rotatable bonds is 5. The molecule has 24 heavy (non-hydrogen) atoms. The van der Waals surface area contributed by atoms with E-state index in [2.05, 4.69) is 21.9 Å². The Morgan fingerprint density at radius 3 is 2.75 bits per heavy atom. The van der Waals surface area contributed by atoms with Gasteiger partial charge in [0, 0.05) is 18.0 Å². The van der Waals surface area contributed by atoms with Gasteiger partial charge in [0.1, 0.15) is 12.7 Å². The van der Waals surface area contributed by atoms with Crippen molar-refractivity contribution in [3.05, 3.63) is 48.5 Å². The van der Waals surface area contributed by atoms with E-state index in [1.165, 1.54) is 19.2 Å². The summed E-state index contributed by atoms with van der Waals surface area (Å²) >= 11 is 0. The van der Waals surface area contributed by atoms with Crippen LogP contribution in [0.4, 0.5) is 0 Å². The molecule has 2 aromatic rings. The van der Waals surface area contributed by atoms with Crippen molar-refractivity contribution in [3.8, 4) is 11.8 Å². The molecule has 0 unspecified atom stereocenters. The van der Waals surface area contributed by atoms with Crippen LogP contribution in [0.2, 0.25) is 0 Å². The topological polar surface area (TPSA) is 51.0 Å². The van der Waals surface area contributed by atoms with Crippen LogP contribution in [0.5, 0.6) is 0 Å². The van der Waals surface area contributed by atoms with Crippen molar-refractivity contribution in [1.82, 2.24) is 19.7 Å². The van der Waals surface area contributed by atoms with E-state index in [0.29, 0.717) is 25.6 Å². The van der Waals surface area contributed by atoms with Crippen LogP contribution in [0.15, 0.2) is 43.0 Å². The zero-order valence-corrected chi connectivity index (χ0v) is 13.8. The molecular formula is C19H22N4O. The van der Waals surface area contributed by atoms with Gasteiger partial charge in [0.2, 0.25) is 5.91 Å². The van der Waals surface area contributed by atoms with E-state index in [9.17, 15) is 4.79 Å².